The molecule has 1 aromatic rings. The summed E-state index contributed by atoms with van der Waals surface area (Å²) in [7, 11) is 3.48. The molecule has 3 heterocycles. The first-order valence-corrected chi connectivity index (χ1v) is 10.2. The van der Waals surface area contributed by atoms with Crippen molar-refractivity contribution in [1.29, 1.82) is 0 Å². The average molecular weight is 392 g/mol. The first-order valence-electron chi connectivity index (χ1n) is 10.2. The van der Waals surface area contributed by atoms with Crippen molar-refractivity contribution in [3.05, 3.63) is 11.6 Å². The van der Waals surface area contributed by atoms with Crippen LogP contribution in [-0.2, 0) is 22.5 Å². The first-order chi connectivity index (χ1) is 13.4. The molecule has 3 rings (SSSR count). The lowest BCUT2D eigenvalue weighted by molar-refractivity contribution is -0.127. The van der Waals surface area contributed by atoms with E-state index in [-0.39, 0.29) is 24.6 Å². The van der Waals surface area contributed by atoms with Crippen LogP contribution in [0.15, 0.2) is 4.99 Å². The summed E-state index contributed by atoms with van der Waals surface area (Å²) in [5, 5.41) is 11.5. The van der Waals surface area contributed by atoms with E-state index in [1.807, 2.05) is 4.68 Å². The molecule has 0 radical (unpaired) electrons. The maximum absolute atomic E-state index is 11.9. The van der Waals surface area contributed by atoms with Crippen molar-refractivity contribution >= 4 is 11.9 Å². The van der Waals surface area contributed by atoms with Gasteiger partial charge in [-0.3, -0.25) is 4.79 Å². The average Bonchev–Trinajstić information content (AvgIpc) is 3.32. The molecule has 0 aliphatic carbocycles. The SMILES string of the molecule is CC(C)c1nc2n(n1)CC(NC(=NCC(=O)N(C)C)NCC1CCCO1)CC2. The van der Waals surface area contributed by atoms with E-state index in [0.29, 0.717) is 18.4 Å². The van der Waals surface area contributed by atoms with Crippen molar-refractivity contribution in [3.63, 3.8) is 0 Å². The Morgan fingerprint density at radius 1 is 1.39 bits per heavy atom. The van der Waals surface area contributed by atoms with Gasteiger partial charge in [-0.2, -0.15) is 5.10 Å². The van der Waals surface area contributed by atoms with E-state index in [1.165, 1.54) is 0 Å². The predicted molar refractivity (Wildman–Crippen MR) is 107 cm³/mol. The zero-order chi connectivity index (χ0) is 20.1. The third-order valence-electron chi connectivity index (χ3n) is 5.12. The zero-order valence-corrected chi connectivity index (χ0v) is 17.4. The maximum atomic E-state index is 11.9. The molecule has 1 saturated heterocycles. The maximum Gasteiger partial charge on any atom is 0.243 e. The van der Waals surface area contributed by atoms with E-state index in [2.05, 4.69) is 39.6 Å². The largest absolute Gasteiger partial charge is 0.376 e. The van der Waals surface area contributed by atoms with Gasteiger partial charge in [0.1, 0.15) is 12.4 Å². The fraction of sp³-hybridized carbons (Fsp3) is 0.789. The number of aliphatic imine (C=N–C) groups is 1. The Morgan fingerprint density at radius 3 is 2.89 bits per heavy atom. The van der Waals surface area contributed by atoms with E-state index in [1.54, 1.807) is 19.0 Å². The lowest BCUT2D eigenvalue weighted by atomic mass is 10.1. The highest BCUT2D eigenvalue weighted by molar-refractivity contribution is 5.84. The number of nitrogens with zero attached hydrogens (tertiary/aromatic N) is 5. The van der Waals surface area contributed by atoms with Crippen LogP contribution in [0.3, 0.4) is 0 Å². The third kappa shape index (κ3) is 5.43. The molecule has 9 heteroatoms. The second-order valence-electron chi connectivity index (χ2n) is 8.07. The molecule has 2 aliphatic rings. The molecule has 2 unspecified atom stereocenters. The lowest BCUT2D eigenvalue weighted by Gasteiger charge is -2.26. The number of hydrogen-bond donors (Lipinski definition) is 2. The number of hydrogen-bond acceptors (Lipinski definition) is 5. The van der Waals surface area contributed by atoms with Crippen molar-refractivity contribution < 1.29 is 9.53 Å². The summed E-state index contributed by atoms with van der Waals surface area (Å²) in [5.41, 5.74) is 0. The van der Waals surface area contributed by atoms with Gasteiger partial charge in [-0.05, 0) is 19.3 Å². The molecule has 28 heavy (non-hydrogen) atoms. The van der Waals surface area contributed by atoms with Crippen molar-refractivity contribution in [2.45, 2.75) is 64.1 Å². The van der Waals surface area contributed by atoms with Crippen LogP contribution in [0.2, 0.25) is 0 Å². The van der Waals surface area contributed by atoms with Gasteiger partial charge < -0.3 is 20.3 Å². The van der Waals surface area contributed by atoms with Crippen LogP contribution in [0.25, 0.3) is 0 Å². The molecule has 1 amide bonds. The summed E-state index contributed by atoms with van der Waals surface area (Å²) >= 11 is 0. The number of carbonyl (C=O) groups is 1. The van der Waals surface area contributed by atoms with Gasteiger partial charge in [-0.1, -0.05) is 13.8 Å². The van der Waals surface area contributed by atoms with Gasteiger partial charge in [0, 0.05) is 45.6 Å². The van der Waals surface area contributed by atoms with Crippen LogP contribution in [-0.4, -0.2) is 77.5 Å². The van der Waals surface area contributed by atoms with Gasteiger partial charge in [0.05, 0.1) is 12.6 Å². The molecule has 2 atom stereocenters. The Hall–Kier alpha value is -2.16. The van der Waals surface area contributed by atoms with Crippen molar-refractivity contribution in [2.75, 3.05) is 33.8 Å². The molecule has 0 saturated carbocycles. The van der Waals surface area contributed by atoms with E-state index >= 15 is 0 Å². The number of carbonyl (C=O) groups excluding carboxylic acids is 1. The lowest BCUT2D eigenvalue weighted by Crippen LogP contribution is -2.49. The number of aromatic nitrogens is 3. The van der Waals surface area contributed by atoms with Gasteiger partial charge in [0.15, 0.2) is 11.8 Å². The summed E-state index contributed by atoms with van der Waals surface area (Å²) in [6, 6.07) is 0.194. The molecular weight excluding hydrogens is 358 g/mol. The molecular formula is C19H33N7O2. The van der Waals surface area contributed by atoms with Crippen molar-refractivity contribution in [1.82, 2.24) is 30.3 Å². The molecule has 1 fully saturated rings. The number of fused-ring (bicyclic) bond motifs is 1. The second-order valence-corrected chi connectivity index (χ2v) is 8.07. The number of ether oxygens (including phenoxy) is 1. The van der Waals surface area contributed by atoms with Gasteiger partial charge in [-0.15, -0.1) is 0 Å². The molecule has 1 aromatic heterocycles. The molecule has 2 aliphatic heterocycles. The topological polar surface area (TPSA) is 96.7 Å². The third-order valence-corrected chi connectivity index (χ3v) is 5.12. The van der Waals surface area contributed by atoms with E-state index in [9.17, 15) is 4.79 Å². The Labute approximate surface area is 166 Å². The van der Waals surface area contributed by atoms with Crippen molar-refractivity contribution in [3.8, 4) is 0 Å². The summed E-state index contributed by atoms with van der Waals surface area (Å²) in [4.78, 5) is 22.6. The summed E-state index contributed by atoms with van der Waals surface area (Å²) in [5.74, 6) is 2.91. The zero-order valence-electron chi connectivity index (χ0n) is 17.4. The smallest absolute Gasteiger partial charge is 0.243 e. The number of likely N-dealkylation sites (N-methyl/N-ethyl adjacent to an activating group) is 1. The minimum Gasteiger partial charge on any atom is -0.376 e. The Morgan fingerprint density at radius 2 is 2.21 bits per heavy atom. The second kappa shape index (κ2) is 9.36. The van der Waals surface area contributed by atoms with Crippen LogP contribution < -0.4 is 10.6 Å². The van der Waals surface area contributed by atoms with Gasteiger partial charge in [0.2, 0.25) is 5.91 Å². The van der Waals surface area contributed by atoms with Crippen LogP contribution in [0.1, 0.15) is 50.7 Å². The number of guanidine groups is 1. The fourth-order valence-corrected chi connectivity index (χ4v) is 3.34. The number of amides is 1. The van der Waals surface area contributed by atoms with Gasteiger partial charge >= 0.3 is 0 Å². The first kappa shape index (κ1) is 20.6. The number of nitrogens with one attached hydrogen (secondary N) is 2. The molecule has 9 nitrogen and oxygen atoms in total. The van der Waals surface area contributed by atoms with Crippen LogP contribution in [0, 0.1) is 0 Å². The number of aryl methyl sites for hydroxylation is 1. The predicted octanol–water partition coefficient (Wildman–Crippen LogP) is 0.519. The van der Waals surface area contributed by atoms with Crippen LogP contribution in [0.5, 0.6) is 0 Å². The monoisotopic (exact) mass is 391 g/mol. The molecule has 0 aromatic carbocycles. The quantitative estimate of drug-likeness (QED) is 0.542. The molecule has 156 valence electrons. The van der Waals surface area contributed by atoms with E-state index < -0.39 is 0 Å². The summed E-state index contributed by atoms with van der Waals surface area (Å²) in [6.45, 7) is 6.60. The normalized spacial score (nSPS) is 22.2. The Balaban J connectivity index is 1.62. The highest BCUT2D eigenvalue weighted by Gasteiger charge is 2.24. The van der Waals surface area contributed by atoms with Crippen LogP contribution >= 0.6 is 0 Å². The number of rotatable bonds is 6. The standard InChI is InChI=1S/C19H33N7O2/c1-13(2)18-23-16-8-7-14(12-26(16)24-18)22-19(21-11-17(27)25(3)4)20-10-15-6-5-9-28-15/h13-15H,5-12H2,1-4H3,(H2,20,21,22). The minimum atomic E-state index is -0.0259. The molecule has 2 N–H and O–H groups in total. The van der Waals surface area contributed by atoms with Gasteiger partial charge in [-0.25, -0.2) is 14.7 Å². The highest BCUT2D eigenvalue weighted by Crippen LogP contribution is 2.17. The van der Waals surface area contributed by atoms with E-state index in [4.69, 9.17) is 4.74 Å². The molecule has 0 spiro atoms. The Bertz CT molecular complexity index is 692. The van der Waals surface area contributed by atoms with E-state index in [0.717, 1.165) is 50.5 Å². The van der Waals surface area contributed by atoms with Gasteiger partial charge in [0.25, 0.3) is 0 Å². The highest BCUT2D eigenvalue weighted by atomic mass is 16.5. The summed E-state index contributed by atoms with van der Waals surface area (Å²) < 4.78 is 7.69. The Kier molecular flexibility index (Phi) is 6.88. The molecule has 0 bridgehead atoms. The van der Waals surface area contributed by atoms with Crippen LogP contribution in [0.4, 0.5) is 0 Å². The minimum absolute atomic E-state index is 0.0259. The van der Waals surface area contributed by atoms with Crippen molar-refractivity contribution in [2.24, 2.45) is 4.99 Å². The summed E-state index contributed by atoms with van der Waals surface area (Å²) in [6.07, 6.45) is 4.20. The fourth-order valence-electron chi connectivity index (χ4n) is 3.34.